The number of nitrogens with zero attached hydrogens (tertiary/aromatic N) is 6. The third kappa shape index (κ3) is 5.66. The van der Waals surface area contributed by atoms with Gasteiger partial charge >= 0.3 is 0 Å². The number of aliphatic imine (C=N–C) groups is 1. The van der Waals surface area contributed by atoms with Crippen LogP contribution in [0.25, 0.3) is 22.6 Å². The number of fused-ring (bicyclic) bond motifs is 1. The van der Waals surface area contributed by atoms with Crippen LogP contribution in [0.3, 0.4) is 0 Å². The Hall–Kier alpha value is -3.77. The maximum Gasteiger partial charge on any atom is 0.227 e. The fraction of sp³-hybridized carbons (Fsp3) is 0.393. The minimum Gasteiger partial charge on any atom is -0.491 e. The van der Waals surface area contributed by atoms with Gasteiger partial charge in [0.05, 0.1) is 6.54 Å². The van der Waals surface area contributed by atoms with E-state index in [-0.39, 0.29) is 6.61 Å². The number of aliphatic hydroxyl groups is 1. The van der Waals surface area contributed by atoms with E-state index in [0.717, 1.165) is 54.5 Å². The number of hydrogen-bond donors (Lipinski definition) is 1. The molecule has 1 atom stereocenters. The molecule has 1 fully saturated rings. The fourth-order valence-electron chi connectivity index (χ4n) is 4.95. The molecule has 2 aromatic heterocycles. The van der Waals surface area contributed by atoms with E-state index in [4.69, 9.17) is 18.5 Å². The molecule has 1 saturated heterocycles. The zero-order valence-corrected chi connectivity index (χ0v) is 22.1. The van der Waals surface area contributed by atoms with Gasteiger partial charge in [-0.15, -0.1) is 0 Å². The molecule has 0 aliphatic carbocycles. The number of aromatic nitrogens is 2. The van der Waals surface area contributed by atoms with Gasteiger partial charge in [0.25, 0.3) is 0 Å². The Morgan fingerprint density at radius 2 is 1.82 bits per heavy atom. The molecule has 2 aromatic carbocycles. The van der Waals surface area contributed by atoms with Crippen molar-refractivity contribution < 1.29 is 23.6 Å². The second-order valence-electron chi connectivity index (χ2n) is 9.86. The van der Waals surface area contributed by atoms with E-state index in [0.29, 0.717) is 42.8 Å². The minimum absolute atomic E-state index is 0.204. The molecule has 39 heavy (non-hydrogen) atoms. The Balaban J connectivity index is 0.968. The molecule has 0 bridgehead atoms. The van der Waals surface area contributed by atoms with E-state index < -0.39 is 6.10 Å². The molecular weight excluding hydrogens is 500 g/mol. The molecule has 4 heterocycles. The summed E-state index contributed by atoms with van der Waals surface area (Å²) in [4.78, 5) is 19.5. The maximum atomic E-state index is 10.6. The topological polar surface area (TPSA) is 113 Å². The average Bonchev–Trinajstić information content (AvgIpc) is 3.67. The normalized spacial score (nSPS) is 17.6. The number of aryl methyl sites for hydroxylation is 2. The van der Waals surface area contributed by atoms with Gasteiger partial charge in [0.15, 0.2) is 18.1 Å². The van der Waals surface area contributed by atoms with E-state index in [1.165, 1.54) is 0 Å². The average molecular weight is 533 g/mol. The molecule has 11 heteroatoms. The molecule has 6 rings (SSSR count). The summed E-state index contributed by atoms with van der Waals surface area (Å²) in [6, 6.07) is 15.3. The van der Waals surface area contributed by atoms with Gasteiger partial charge in [-0.25, -0.2) is 14.8 Å². The Labute approximate surface area is 226 Å². The van der Waals surface area contributed by atoms with Gasteiger partial charge in [-0.2, -0.15) is 5.06 Å². The van der Waals surface area contributed by atoms with Crippen molar-refractivity contribution in [1.82, 2.24) is 19.9 Å². The Bertz CT molecular complexity index is 1420. The number of piperazine rings is 1. The first-order valence-electron chi connectivity index (χ1n) is 13.1. The standard InChI is InChI=1S/C28H32N6O5/c1-19-27(20(2)39-31-19)34-26(29-18-37-34)16-33-12-10-32(11-13-33)15-22(35)17-36-23-8-9-25-24(14-23)30-28(38-25)21-6-4-3-5-7-21/h3-9,14,22,35H,10-13,15-18H2,1-2H3. The Kier molecular flexibility index (Phi) is 7.29. The van der Waals surface area contributed by atoms with E-state index in [9.17, 15) is 5.11 Å². The van der Waals surface area contributed by atoms with Gasteiger partial charge in [-0.1, -0.05) is 23.4 Å². The molecule has 1 N–H and O–H groups in total. The molecule has 2 aliphatic rings. The molecule has 0 saturated carbocycles. The van der Waals surface area contributed by atoms with Gasteiger partial charge in [0.1, 0.15) is 41.2 Å². The summed E-state index contributed by atoms with van der Waals surface area (Å²) in [5.74, 6) is 2.79. The molecule has 0 amide bonds. The van der Waals surface area contributed by atoms with Crippen molar-refractivity contribution in [3.63, 3.8) is 0 Å². The SMILES string of the molecule is Cc1noc(C)c1N1OCN=C1CN1CCN(CC(O)COc2ccc3oc(-c4ccccc4)nc3c2)CC1. The first-order valence-corrected chi connectivity index (χ1v) is 13.1. The lowest BCUT2D eigenvalue weighted by atomic mass is 10.2. The number of benzene rings is 2. The summed E-state index contributed by atoms with van der Waals surface area (Å²) >= 11 is 0. The van der Waals surface area contributed by atoms with Crippen molar-refractivity contribution in [3.8, 4) is 17.2 Å². The van der Waals surface area contributed by atoms with Gasteiger partial charge < -0.3 is 18.8 Å². The molecule has 204 valence electrons. The number of ether oxygens (including phenoxy) is 1. The fourth-order valence-corrected chi connectivity index (χ4v) is 4.95. The zero-order chi connectivity index (χ0) is 26.8. The van der Waals surface area contributed by atoms with Crippen molar-refractivity contribution in [2.45, 2.75) is 20.0 Å². The lowest BCUT2D eigenvalue weighted by molar-refractivity contribution is 0.0486. The van der Waals surface area contributed by atoms with Crippen LogP contribution in [0.2, 0.25) is 0 Å². The van der Waals surface area contributed by atoms with Crippen LogP contribution in [-0.4, -0.2) is 89.6 Å². The molecule has 2 aliphatic heterocycles. The highest BCUT2D eigenvalue weighted by atomic mass is 16.7. The Morgan fingerprint density at radius 3 is 2.59 bits per heavy atom. The van der Waals surface area contributed by atoms with Gasteiger partial charge in [-0.3, -0.25) is 9.80 Å². The highest BCUT2D eigenvalue weighted by Crippen LogP contribution is 2.28. The quantitative estimate of drug-likeness (QED) is 0.345. The number of β-amino-alcohol motifs (C(OH)–C–C–N with tert-alkyl or cyclic N) is 1. The predicted octanol–water partition coefficient (Wildman–Crippen LogP) is 3.26. The minimum atomic E-state index is -0.605. The highest BCUT2D eigenvalue weighted by molar-refractivity contribution is 5.99. The van der Waals surface area contributed by atoms with Crippen LogP contribution in [0.15, 0.2) is 62.5 Å². The van der Waals surface area contributed by atoms with Gasteiger partial charge in [0.2, 0.25) is 5.89 Å². The first kappa shape index (κ1) is 25.5. The maximum absolute atomic E-state index is 10.6. The number of oxazole rings is 1. The van der Waals surface area contributed by atoms with Crippen molar-refractivity contribution >= 4 is 22.6 Å². The third-order valence-corrected chi connectivity index (χ3v) is 6.99. The van der Waals surface area contributed by atoms with Gasteiger partial charge in [-0.05, 0) is 38.1 Å². The summed E-state index contributed by atoms with van der Waals surface area (Å²) < 4.78 is 17.1. The molecule has 0 radical (unpaired) electrons. The smallest absolute Gasteiger partial charge is 0.227 e. The number of amidine groups is 1. The molecule has 11 nitrogen and oxygen atoms in total. The molecule has 1 unspecified atom stereocenters. The van der Waals surface area contributed by atoms with Gasteiger partial charge in [0, 0.05) is 44.4 Å². The van der Waals surface area contributed by atoms with Crippen molar-refractivity contribution in [1.29, 1.82) is 0 Å². The summed E-state index contributed by atoms with van der Waals surface area (Å²) in [6.45, 7) is 8.94. The number of aliphatic hydroxyl groups excluding tert-OH is 1. The third-order valence-electron chi connectivity index (χ3n) is 6.99. The molecule has 0 spiro atoms. The van der Waals surface area contributed by atoms with Crippen LogP contribution < -0.4 is 9.80 Å². The van der Waals surface area contributed by atoms with Crippen molar-refractivity contribution in [3.05, 3.63) is 60.0 Å². The van der Waals surface area contributed by atoms with Crippen LogP contribution in [0.4, 0.5) is 5.69 Å². The predicted molar refractivity (Wildman–Crippen MR) is 146 cm³/mol. The largest absolute Gasteiger partial charge is 0.491 e. The number of hydroxylamine groups is 1. The highest BCUT2D eigenvalue weighted by Gasteiger charge is 2.29. The van der Waals surface area contributed by atoms with Crippen LogP contribution in [0, 0.1) is 13.8 Å². The second kappa shape index (κ2) is 11.1. The summed E-state index contributed by atoms with van der Waals surface area (Å²) in [5.41, 5.74) is 3.95. The lowest BCUT2D eigenvalue weighted by Gasteiger charge is -2.36. The summed E-state index contributed by atoms with van der Waals surface area (Å²) in [7, 11) is 0. The van der Waals surface area contributed by atoms with E-state index in [1.54, 1.807) is 5.06 Å². The summed E-state index contributed by atoms with van der Waals surface area (Å²) in [6.07, 6.45) is -0.605. The van der Waals surface area contributed by atoms with Crippen LogP contribution >= 0.6 is 0 Å². The van der Waals surface area contributed by atoms with Crippen LogP contribution in [-0.2, 0) is 4.84 Å². The van der Waals surface area contributed by atoms with Crippen molar-refractivity contribution in [2.24, 2.45) is 4.99 Å². The monoisotopic (exact) mass is 532 g/mol. The summed E-state index contributed by atoms with van der Waals surface area (Å²) in [5, 5.41) is 16.4. The van der Waals surface area contributed by atoms with Crippen LogP contribution in [0.5, 0.6) is 5.75 Å². The number of hydrogen-bond acceptors (Lipinski definition) is 11. The first-order chi connectivity index (χ1) is 19.0. The van der Waals surface area contributed by atoms with E-state index in [2.05, 4.69) is 24.9 Å². The van der Waals surface area contributed by atoms with E-state index >= 15 is 0 Å². The number of anilines is 1. The lowest BCUT2D eigenvalue weighted by Crippen LogP contribution is -2.51. The molecule has 4 aromatic rings. The molecular formula is C28H32N6O5. The Morgan fingerprint density at radius 1 is 1.03 bits per heavy atom. The van der Waals surface area contributed by atoms with E-state index in [1.807, 2.05) is 62.4 Å². The number of rotatable bonds is 9. The van der Waals surface area contributed by atoms with Crippen molar-refractivity contribution in [2.75, 3.05) is 57.7 Å². The second-order valence-corrected chi connectivity index (χ2v) is 9.86. The zero-order valence-electron chi connectivity index (χ0n) is 22.1. The van der Waals surface area contributed by atoms with Crippen LogP contribution in [0.1, 0.15) is 11.5 Å².